The van der Waals surface area contributed by atoms with Gasteiger partial charge in [0, 0.05) is 17.7 Å². The van der Waals surface area contributed by atoms with Gasteiger partial charge in [0.15, 0.2) is 5.75 Å². The van der Waals surface area contributed by atoms with Gasteiger partial charge in [0.05, 0.1) is 4.92 Å². The molecule has 1 aliphatic carbocycles. The van der Waals surface area contributed by atoms with Crippen molar-refractivity contribution in [1.29, 1.82) is 0 Å². The molecule has 0 bridgehead atoms. The number of hydrogen-bond acceptors (Lipinski definition) is 5. The fourth-order valence-corrected chi connectivity index (χ4v) is 1.72. The maximum Gasteiger partial charge on any atom is 0.310 e. The summed E-state index contributed by atoms with van der Waals surface area (Å²) in [5, 5.41) is 25.3. The molecule has 21 heavy (non-hydrogen) atoms. The lowest BCUT2D eigenvalue weighted by Gasteiger charge is -2.13. The number of nitrogens with zero attached hydrogens (tertiary/aromatic N) is 1. The molecule has 8 heteroatoms. The first-order chi connectivity index (χ1) is 9.88. The standard InChI is InChI=1S/C13H15N3O5/c1-7(12(18)15-9-3-4-9)14-13(19)8-2-5-10(16(20)21)11(17)6-8/h2,5-7,9,17H,3-4H2,1H3,(H,14,19)(H,15,18). The van der Waals surface area contributed by atoms with Crippen LogP contribution >= 0.6 is 0 Å². The van der Waals surface area contributed by atoms with Crippen LogP contribution in [0.1, 0.15) is 30.1 Å². The first-order valence-electron chi connectivity index (χ1n) is 6.47. The van der Waals surface area contributed by atoms with Gasteiger partial charge < -0.3 is 15.7 Å². The lowest BCUT2D eigenvalue weighted by molar-refractivity contribution is -0.385. The monoisotopic (exact) mass is 293 g/mol. The highest BCUT2D eigenvalue weighted by Gasteiger charge is 2.26. The first-order valence-corrected chi connectivity index (χ1v) is 6.47. The molecule has 0 heterocycles. The molecule has 2 rings (SSSR count). The van der Waals surface area contributed by atoms with E-state index < -0.39 is 28.3 Å². The van der Waals surface area contributed by atoms with Crippen LogP contribution in [0.15, 0.2) is 18.2 Å². The van der Waals surface area contributed by atoms with E-state index in [0.717, 1.165) is 25.0 Å². The molecule has 1 atom stereocenters. The Labute approximate surface area is 120 Å². The fourth-order valence-electron chi connectivity index (χ4n) is 1.72. The van der Waals surface area contributed by atoms with Crippen LogP contribution in [0.2, 0.25) is 0 Å². The Morgan fingerprint density at radius 1 is 1.43 bits per heavy atom. The molecule has 1 aromatic carbocycles. The summed E-state index contributed by atoms with van der Waals surface area (Å²) in [4.78, 5) is 33.5. The SMILES string of the molecule is CC(NC(=O)c1ccc([N+](=O)[O-])c(O)c1)C(=O)NC1CC1. The molecule has 1 saturated carbocycles. The van der Waals surface area contributed by atoms with E-state index >= 15 is 0 Å². The summed E-state index contributed by atoms with van der Waals surface area (Å²) in [6.07, 6.45) is 1.89. The molecular formula is C13H15N3O5. The zero-order valence-electron chi connectivity index (χ0n) is 11.3. The molecule has 0 radical (unpaired) electrons. The number of nitro groups is 1. The van der Waals surface area contributed by atoms with Crippen LogP contribution in [0, 0.1) is 10.1 Å². The molecule has 0 aliphatic heterocycles. The summed E-state index contributed by atoms with van der Waals surface area (Å²) in [6, 6.07) is 2.73. The van der Waals surface area contributed by atoms with Gasteiger partial charge in [-0.2, -0.15) is 0 Å². The van der Waals surface area contributed by atoms with E-state index in [1.165, 1.54) is 6.07 Å². The summed E-state index contributed by atoms with van der Waals surface area (Å²) >= 11 is 0. The van der Waals surface area contributed by atoms with Crippen LogP contribution in [0.3, 0.4) is 0 Å². The number of nitrogens with one attached hydrogen (secondary N) is 2. The first kappa shape index (κ1) is 14.8. The Balaban J connectivity index is 2.00. The normalized spacial score (nSPS) is 15.1. The minimum atomic E-state index is -0.747. The zero-order chi connectivity index (χ0) is 15.6. The van der Waals surface area contributed by atoms with Crippen molar-refractivity contribution in [2.24, 2.45) is 0 Å². The summed E-state index contributed by atoms with van der Waals surface area (Å²) in [7, 11) is 0. The Kier molecular flexibility index (Phi) is 4.06. The molecular weight excluding hydrogens is 278 g/mol. The van der Waals surface area contributed by atoms with E-state index in [2.05, 4.69) is 10.6 Å². The van der Waals surface area contributed by atoms with Crippen molar-refractivity contribution in [3.63, 3.8) is 0 Å². The average Bonchev–Trinajstić information content (AvgIpc) is 3.21. The number of nitro benzene ring substituents is 1. The number of phenolic OH excluding ortho intramolecular Hbond substituents is 1. The Morgan fingerprint density at radius 3 is 2.62 bits per heavy atom. The number of amides is 2. The fraction of sp³-hybridized carbons (Fsp3) is 0.385. The predicted octanol–water partition coefficient (Wildman–Crippen LogP) is 0.697. The van der Waals surface area contributed by atoms with Gasteiger partial charge in [-0.05, 0) is 31.9 Å². The molecule has 1 fully saturated rings. The molecule has 0 spiro atoms. The maximum absolute atomic E-state index is 11.9. The van der Waals surface area contributed by atoms with Crippen LogP contribution in [-0.4, -0.2) is 33.9 Å². The third-order valence-corrected chi connectivity index (χ3v) is 3.10. The lowest BCUT2D eigenvalue weighted by Crippen LogP contribution is -2.45. The van der Waals surface area contributed by atoms with Crippen molar-refractivity contribution >= 4 is 17.5 Å². The zero-order valence-corrected chi connectivity index (χ0v) is 11.3. The van der Waals surface area contributed by atoms with Crippen LogP contribution in [-0.2, 0) is 4.79 Å². The second-order valence-electron chi connectivity index (χ2n) is 4.94. The van der Waals surface area contributed by atoms with E-state index in [1.54, 1.807) is 6.92 Å². The minimum Gasteiger partial charge on any atom is -0.502 e. The summed E-state index contributed by atoms with van der Waals surface area (Å²) in [5.41, 5.74) is -0.435. The molecule has 1 aliphatic rings. The largest absolute Gasteiger partial charge is 0.502 e. The third-order valence-electron chi connectivity index (χ3n) is 3.10. The van der Waals surface area contributed by atoms with Crippen LogP contribution in [0.25, 0.3) is 0 Å². The Bertz CT molecular complexity index is 597. The van der Waals surface area contributed by atoms with Crippen molar-refractivity contribution in [3.8, 4) is 5.75 Å². The lowest BCUT2D eigenvalue weighted by atomic mass is 10.1. The minimum absolute atomic E-state index is 0.0455. The quantitative estimate of drug-likeness (QED) is 0.545. The predicted molar refractivity (Wildman–Crippen MR) is 72.9 cm³/mol. The molecule has 112 valence electrons. The second-order valence-corrected chi connectivity index (χ2v) is 4.94. The van der Waals surface area contributed by atoms with Gasteiger partial charge >= 0.3 is 5.69 Å². The maximum atomic E-state index is 11.9. The van der Waals surface area contributed by atoms with Crippen molar-refractivity contribution in [2.45, 2.75) is 31.8 Å². The van der Waals surface area contributed by atoms with Crippen LogP contribution < -0.4 is 10.6 Å². The van der Waals surface area contributed by atoms with Gasteiger partial charge in [0.1, 0.15) is 6.04 Å². The van der Waals surface area contributed by atoms with Crippen molar-refractivity contribution < 1.29 is 19.6 Å². The highest BCUT2D eigenvalue weighted by atomic mass is 16.6. The van der Waals surface area contributed by atoms with Gasteiger partial charge in [-0.15, -0.1) is 0 Å². The third kappa shape index (κ3) is 3.68. The molecule has 2 amide bonds. The van der Waals surface area contributed by atoms with E-state index in [9.17, 15) is 24.8 Å². The van der Waals surface area contributed by atoms with Gasteiger partial charge in [-0.3, -0.25) is 19.7 Å². The molecule has 3 N–H and O–H groups in total. The number of rotatable bonds is 5. The second kappa shape index (κ2) is 5.78. The topological polar surface area (TPSA) is 122 Å². The van der Waals surface area contributed by atoms with Crippen molar-refractivity contribution in [3.05, 3.63) is 33.9 Å². The van der Waals surface area contributed by atoms with Crippen LogP contribution in [0.5, 0.6) is 5.75 Å². The van der Waals surface area contributed by atoms with E-state index in [4.69, 9.17) is 0 Å². The molecule has 0 aromatic heterocycles. The van der Waals surface area contributed by atoms with E-state index in [1.807, 2.05) is 0 Å². The van der Waals surface area contributed by atoms with Gasteiger partial charge in [0.2, 0.25) is 5.91 Å². The van der Waals surface area contributed by atoms with Crippen LogP contribution in [0.4, 0.5) is 5.69 Å². The van der Waals surface area contributed by atoms with Crippen molar-refractivity contribution in [1.82, 2.24) is 10.6 Å². The van der Waals surface area contributed by atoms with E-state index in [-0.39, 0.29) is 17.5 Å². The Morgan fingerprint density at radius 2 is 2.10 bits per heavy atom. The average molecular weight is 293 g/mol. The number of carbonyl (C=O) groups excluding carboxylic acids is 2. The molecule has 1 unspecified atom stereocenters. The Hall–Kier alpha value is -2.64. The number of aromatic hydroxyl groups is 1. The summed E-state index contributed by atoms with van der Waals surface area (Å²) < 4.78 is 0. The molecule has 1 aromatic rings. The van der Waals surface area contributed by atoms with Gasteiger partial charge in [-0.25, -0.2) is 0 Å². The number of carbonyl (C=O) groups is 2. The highest BCUT2D eigenvalue weighted by molar-refractivity contribution is 5.98. The number of hydrogen-bond donors (Lipinski definition) is 3. The molecule has 0 saturated heterocycles. The summed E-state index contributed by atoms with van der Waals surface area (Å²) in [6.45, 7) is 1.54. The molecule has 8 nitrogen and oxygen atoms in total. The van der Waals surface area contributed by atoms with E-state index in [0.29, 0.717) is 0 Å². The highest BCUT2D eigenvalue weighted by Crippen LogP contribution is 2.26. The van der Waals surface area contributed by atoms with Crippen molar-refractivity contribution in [2.75, 3.05) is 0 Å². The number of phenols is 1. The van der Waals surface area contributed by atoms with Gasteiger partial charge in [0.25, 0.3) is 5.91 Å². The number of benzene rings is 1. The van der Waals surface area contributed by atoms with Gasteiger partial charge in [-0.1, -0.05) is 0 Å². The smallest absolute Gasteiger partial charge is 0.310 e. The summed E-state index contributed by atoms with van der Waals surface area (Å²) in [5.74, 6) is -1.46.